The topological polar surface area (TPSA) is 0 Å². The number of allylic oxidation sites excluding steroid dienone is 2. The van der Waals surface area contributed by atoms with Gasteiger partial charge in [-0.15, -0.1) is 12.3 Å². The smallest absolute Gasteiger partial charge is 0.0174 e. The van der Waals surface area contributed by atoms with Crippen LogP contribution in [0.4, 0.5) is 0 Å². The average Bonchev–Trinajstić information content (AvgIpc) is 2.19. The third kappa shape index (κ3) is 4.18. The summed E-state index contributed by atoms with van der Waals surface area (Å²) in [5.41, 5.74) is 1.68. The molecule has 1 unspecified atom stereocenters. The van der Waals surface area contributed by atoms with Crippen LogP contribution in [0.3, 0.4) is 0 Å². The van der Waals surface area contributed by atoms with Crippen LogP contribution >= 0.6 is 0 Å². The monoisotopic (exact) mass is 176 g/mol. The van der Waals surface area contributed by atoms with Gasteiger partial charge >= 0.3 is 0 Å². The Morgan fingerprint density at radius 1 is 1.38 bits per heavy atom. The van der Waals surface area contributed by atoms with Gasteiger partial charge in [-0.2, -0.15) is 0 Å². The zero-order chi connectivity index (χ0) is 9.52. The highest BCUT2D eigenvalue weighted by molar-refractivity contribution is 5.04. The minimum Gasteiger partial charge on any atom is -0.120 e. The van der Waals surface area contributed by atoms with Crippen molar-refractivity contribution in [2.75, 3.05) is 0 Å². The lowest BCUT2D eigenvalue weighted by molar-refractivity contribution is 0.591. The summed E-state index contributed by atoms with van der Waals surface area (Å²) < 4.78 is 0. The summed E-state index contributed by atoms with van der Waals surface area (Å²) in [5, 5.41) is 0. The van der Waals surface area contributed by atoms with E-state index in [1.807, 2.05) is 0 Å². The molecule has 0 saturated heterocycles. The highest BCUT2D eigenvalue weighted by atomic mass is 14.1. The van der Waals surface area contributed by atoms with Crippen LogP contribution in [-0.2, 0) is 0 Å². The van der Waals surface area contributed by atoms with Crippen LogP contribution in [-0.4, -0.2) is 0 Å². The molecular formula is C13H20. The van der Waals surface area contributed by atoms with Crippen molar-refractivity contribution in [3.63, 3.8) is 0 Å². The van der Waals surface area contributed by atoms with Crippen molar-refractivity contribution in [1.29, 1.82) is 0 Å². The quantitative estimate of drug-likeness (QED) is 0.451. The first kappa shape index (κ1) is 10.4. The maximum Gasteiger partial charge on any atom is 0.0174 e. The average molecular weight is 176 g/mol. The molecule has 0 aromatic rings. The van der Waals surface area contributed by atoms with Crippen LogP contribution in [0.1, 0.15) is 51.9 Å². The molecule has 0 aliphatic heterocycles. The number of hydrogen-bond donors (Lipinski definition) is 0. The summed E-state index contributed by atoms with van der Waals surface area (Å²) in [4.78, 5) is 0. The first-order valence-corrected chi connectivity index (χ1v) is 5.47. The van der Waals surface area contributed by atoms with E-state index in [4.69, 9.17) is 6.42 Å². The lowest BCUT2D eigenvalue weighted by Crippen LogP contribution is -1.94. The van der Waals surface area contributed by atoms with Crippen LogP contribution < -0.4 is 0 Å². The van der Waals surface area contributed by atoms with Gasteiger partial charge in [0.15, 0.2) is 0 Å². The van der Waals surface area contributed by atoms with Crippen LogP contribution in [0.2, 0.25) is 0 Å². The standard InChI is InChI=1S/C13H20/c1-3-12(2)8-7-11-13-9-5-4-6-10-13/h1,11-12H,4-10H2,2H3. The fourth-order valence-electron chi connectivity index (χ4n) is 1.83. The molecule has 1 aliphatic rings. The molecule has 0 heterocycles. The van der Waals surface area contributed by atoms with E-state index in [-0.39, 0.29) is 0 Å². The molecule has 1 rings (SSSR count). The lowest BCUT2D eigenvalue weighted by atomic mass is 9.93. The third-order valence-electron chi connectivity index (χ3n) is 2.81. The van der Waals surface area contributed by atoms with Crippen molar-refractivity contribution in [3.05, 3.63) is 11.6 Å². The minimum absolute atomic E-state index is 0.445. The van der Waals surface area contributed by atoms with Gasteiger partial charge in [-0.3, -0.25) is 0 Å². The first-order valence-electron chi connectivity index (χ1n) is 5.47. The van der Waals surface area contributed by atoms with E-state index in [1.54, 1.807) is 5.57 Å². The van der Waals surface area contributed by atoms with E-state index in [0.29, 0.717) is 5.92 Å². The van der Waals surface area contributed by atoms with Gasteiger partial charge in [0, 0.05) is 5.92 Å². The predicted molar refractivity (Wildman–Crippen MR) is 58.4 cm³/mol. The Labute approximate surface area is 82.4 Å². The Kier molecular flexibility index (Phi) is 4.68. The van der Waals surface area contributed by atoms with Gasteiger partial charge < -0.3 is 0 Å². The maximum absolute atomic E-state index is 5.32. The fourth-order valence-corrected chi connectivity index (χ4v) is 1.83. The number of rotatable bonds is 3. The molecule has 13 heavy (non-hydrogen) atoms. The molecule has 0 nitrogen and oxygen atoms in total. The van der Waals surface area contributed by atoms with Crippen molar-refractivity contribution < 1.29 is 0 Å². The van der Waals surface area contributed by atoms with E-state index < -0.39 is 0 Å². The van der Waals surface area contributed by atoms with Gasteiger partial charge in [0.25, 0.3) is 0 Å². The summed E-state index contributed by atoms with van der Waals surface area (Å²) in [6, 6.07) is 0. The van der Waals surface area contributed by atoms with Gasteiger partial charge in [0.1, 0.15) is 0 Å². The van der Waals surface area contributed by atoms with Crippen molar-refractivity contribution in [2.45, 2.75) is 51.9 Å². The molecule has 0 aromatic heterocycles. The summed E-state index contributed by atoms with van der Waals surface area (Å²) in [5.74, 6) is 3.22. The highest BCUT2D eigenvalue weighted by Gasteiger charge is 2.04. The highest BCUT2D eigenvalue weighted by Crippen LogP contribution is 2.23. The summed E-state index contributed by atoms with van der Waals surface area (Å²) >= 11 is 0. The van der Waals surface area contributed by atoms with Crippen molar-refractivity contribution in [3.8, 4) is 12.3 Å². The molecular weight excluding hydrogens is 156 g/mol. The molecule has 0 amide bonds. The Bertz CT molecular complexity index is 197. The van der Waals surface area contributed by atoms with Gasteiger partial charge in [-0.25, -0.2) is 0 Å². The Morgan fingerprint density at radius 2 is 2.08 bits per heavy atom. The fraction of sp³-hybridized carbons (Fsp3) is 0.692. The number of terminal acetylenes is 1. The Morgan fingerprint density at radius 3 is 2.69 bits per heavy atom. The molecule has 1 saturated carbocycles. The molecule has 0 aromatic carbocycles. The van der Waals surface area contributed by atoms with Crippen molar-refractivity contribution in [2.24, 2.45) is 5.92 Å². The Balaban J connectivity index is 2.19. The predicted octanol–water partition coefficient (Wildman–Crippen LogP) is 3.93. The second kappa shape index (κ2) is 5.86. The van der Waals surface area contributed by atoms with Crippen molar-refractivity contribution in [1.82, 2.24) is 0 Å². The van der Waals surface area contributed by atoms with E-state index in [0.717, 1.165) is 6.42 Å². The normalized spacial score (nSPS) is 19.2. The minimum atomic E-state index is 0.445. The number of hydrogen-bond acceptors (Lipinski definition) is 0. The summed E-state index contributed by atoms with van der Waals surface area (Å²) in [6.45, 7) is 2.12. The molecule has 0 N–H and O–H groups in total. The molecule has 1 atom stereocenters. The van der Waals surface area contributed by atoms with E-state index in [9.17, 15) is 0 Å². The van der Waals surface area contributed by atoms with Crippen LogP contribution in [0.5, 0.6) is 0 Å². The van der Waals surface area contributed by atoms with Crippen LogP contribution in [0.15, 0.2) is 11.6 Å². The zero-order valence-corrected chi connectivity index (χ0v) is 8.68. The van der Waals surface area contributed by atoms with Gasteiger partial charge in [-0.05, 0) is 38.5 Å². The maximum atomic E-state index is 5.32. The SMILES string of the molecule is C#CC(C)CCC=C1CCCCC1. The molecule has 1 fully saturated rings. The molecule has 0 heteroatoms. The van der Waals surface area contributed by atoms with Gasteiger partial charge in [0.2, 0.25) is 0 Å². The van der Waals surface area contributed by atoms with E-state index in [1.165, 1.54) is 38.5 Å². The molecule has 0 spiro atoms. The second-order valence-corrected chi connectivity index (χ2v) is 4.07. The first-order chi connectivity index (χ1) is 6.33. The van der Waals surface area contributed by atoms with Crippen LogP contribution in [0.25, 0.3) is 0 Å². The van der Waals surface area contributed by atoms with Gasteiger partial charge in [0.05, 0.1) is 0 Å². The van der Waals surface area contributed by atoms with Crippen LogP contribution in [0, 0.1) is 18.3 Å². The molecule has 72 valence electrons. The van der Waals surface area contributed by atoms with Gasteiger partial charge in [-0.1, -0.05) is 25.0 Å². The van der Waals surface area contributed by atoms with E-state index in [2.05, 4.69) is 18.9 Å². The molecule has 0 radical (unpaired) electrons. The van der Waals surface area contributed by atoms with Crippen molar-refractivity contribution >= 4 is 0 Å². The third-order valence-corrected chi connectivity index (χ3v) is 2.81. The Hall–Kier alpha value is -0.700. The zero-order valence-electron chi connectivity index (χ0n) is 8.68. The lowest BCUT2D eigenvalue weighted by Gasteiger charge is -2.13. The summed E-state index contributed by atoms with van der Waals surface area (Å²) in [6.07, 6.45) is 17.0. The largest absolute Gasteiger partial charge is 0.120 e. The second-order valence-electron chi connectivity index (χ2n) is 4.07. The molecule has 1 aliphatic carbocycles. The van der Waals surface area contributed by atoms with E-state index >= 15 is 0 Å². The summed E-state index contributed by atoms with van der Waals surface area (Å²) in [7, 11) is 0. The molecule has 0 bridgehead atoms.